The van der Waals surface area contributed by atoms with E-state index >= 15 is 0 Å². The van der Waals surface area contributed by atoms with Gasteiger partial charge >= 0.3 is 0 Å². The summed E-state index contributed by atoms with van der Waals surface area (Å²) in [5.41, 5.74) is 6.62. The third kappa shape index (κ3) is 3.68. The van der Waals surface area contributed by atoms with Crippen molar-refractivity contribution in [3.05, 3.63) is 36.2 Å². The van der Waals surface area contributed by atoms with Crippen LogP contribution in [0.2, 0.25) is 0 Å². The van der Waals surface area contributed by atoms with E-state index in [1.54, 1.807) is 0 Å². The van der Waals surface area contributed by atoms with Crippen molar-refractivity contribution >= 4 is 0 Å². The molecule has 5 heteroatoms. The van der Waals surface area contributed by atoms with Gasteiger partial charge in [0.2, 0.25) is 11.7 Å². The summed E-state index contributed by atoms with van der Waals surface area (Å²) in [6.07, 6.45) is 3.58. The van der Waals surface area contributed by atoms with Gasteiger partial charge in [0.15, 0.2) is 0 Å². The Morgan fingerprint density at radius 1 is 1.19 bits per heavy atom. The van der Waals surface area contributed by atoms with E-state index in [4.69, 9.17) is 10.3 Å². The Balaban J connectivity index is 1.56. The molecule has 0 amide bonds. The summed E-state index contributed by atoms with van der Waals surface area (Å²) in [6, 6.07) is 9.93. The van der Waals surface area contributed by atoms with Crippen LogP contribution >= 0.6 is 0 Å². The van der Waals surface area contributed by atoms with E-state index in [0.29, 0.717) is 11.7 Å². The molecule has 112 valence electrons. The Kier molecular flexibility index (Phi) is 4.62. The molecule has 1 fully saturated rings. The highest BCUT2D eigenvalue weighted by atomic mass is 16.5. The summed E-state index contributed by atoms with van der Waals surface area (Å²) < 4.78 is 5.37. The molecule has 1 aromatic carbocycles. The standard InChI is InChI=1S/C16H22N4O/c17-9-6-13-7-10-20(11-8-13)12-15-18-16(19-21-15)14-4-2-1-3-5-14/h1-5,13H,6-12,17H2. The maximum Gasteiger partial charge on any atom is 0.241 e. The summed E-state index contributed by atoms with van der Waals surface area (Å²) in [4.78, 5) is 6.87. The van der Waals surface area contributed by atoms with Crippen LogP contribution in [0.1, 0.15) is 25.2 Å². The lowest BCUT2D eigenvalue weighted by atomic mass is 9.94. The highest BCUT2D eigenvalue weighted by Gasteiger charge is 2.20. The molecule has 0 bridgehead atoms. The van der Waals surface area contributed by atoms with Crippen molar-refractivity contribution in [1.82, 2.24) is 15.0 Å². The molecule has 0 aliphatic carbocycles. The van der Waals surface area contributed by atoms with Crippen molar-refractivity contribution in [2.45, 2.75) is 25.8 Å². The second-order valence-electron chi connectivity index (χ2n) is 5.67. The van der Waals surface area contributed by atoms with E-state index in [1.165, 1.54) is 12.8 Å². The lowest BCUT2D eigenvalue weighted by Crippen LogP contribution is -2.33. The lowest BCUT2D eigenvalue weighted by Gasteiger charge is -2.30. The number of likely N-dealkylation sites (tertiary alicyclic amines) is 1. The number of hydrogen-bond donors (Lipinski definition) is 1. The second kappa shape index (κ2) is 6.83. The molecule has 0 spiro atoms. The molecule has 5 nitrogen and oxygen atoms in total. The van der Waals surface area contributed by atoms with Gasteiger partial charge in [-0.3, -0.25) is 4.90 Å². The first kappa shape index (κ1) is 14.2. The van der Waals surface area contributed by atoms with Crippen LogP contribution < -0.4 is 5.73 Å². The average molecular weight is 286 g/mol. The molecule has 2 heterocycles. The van der Waals surface area contributed by atoms with Crippen molar-refractivity contribution in [3.8, 4) is 11.4 Å². The largest absolute Gasteiger partial charge is 0.338 e. The van der Waals surface area contributed by atoms with Gasteiger partial charge in [-0.1, -0.05) is 35.5 Å². The number of benzene rings is 1. The van der Waals surface area contributed by atoms with Crippen molar-refractivity contribution < 1.29 is 4.52 Å². The molecule has 2 aromatic rings. The van der Waals surface area contributed by atoms with Gasteiger partial charge in [0.1, 0.15) is 0 Å². The summed E-state index contributed by atoms with van der Waals surface area (Å²) >= 11 is 0. The molecule has 0 saturated carbocycles. The third-order valence-corrected chi connectivity index (χ3v) is 4.14. The van der Waals surface area contributed by atoms with Crippen LogP contribution in [0.25, 0.3) is 11.4 Å². The van der Waals surface area contributed by atoms with E-state index in [-0.39, 0.29) is 0 Å². The number of piperidine rings is 1. The quantitative estimate of drug-likeness (QED) is 0.913. The van der Waals surface area contributed by atoms with Gasteiger partial charge in [0.05, 0.1) is 6.54 Å². The van der Waals surface area contributed by atoms with Gasteiger partial charge in [-0.05, 0) is 44.8 Å². The number of nitrogens with zero attached hydrogens (tertiary/aromatic N) is 3. The van der Waals surface area contributed by atoms with Crippen molar-refractivity contribution in [3.63, 3.8) is 0 Å². The minimum atomic E-state index is 0.670. The lowest BCUT2D eigenvalue weighted by molar-refractivity contribution is 0.156. The van der Waals surface area contributed by atoms with Gasteiger partial charge in [-0.25, -0.2) is 0 Å². The second-order valence-corrected chi connectivity index (χ2v) is 5.67. The van der Waals surface area contributed by atoms with Gasteiger partial charge in [0.25, 0.3) is 0 Å². The van der Waals surface area contributed by atoms with Crippen LogP contribution in [0.3, 0.4) is 0 Å². The molecular weight excluding hydrogens is 264 g/mol. The Labute approximate surface area is 125 Å². The predicted octanol–water partition coefficient (Wildman–Crippen LogP) is 2.30. The first-order valence-corrected chi connectivity index (χ1v) is 7.65. The van der Waals surface area contributed by atoms with Crippen LogP contribution in [-0.4, -0.2) is 34.7 Å². The summed E-state index contributed by atoms with van der Waals surface area (Å²) in [7, 11) is 0. The normalized spacial score (nSPS) is 17.2. The fraction of sp³-hybridized carbons (Fsp3) is 0.500. The molecule has 0 atom stereocenters. The maximum absolute atomic E-state index is 5.63. The SMILES string of the molecule is NCCC1CCN(Cc2nc(-c3ccccc3)no2)CC1. The Bertz CT molecular complexity index is 546. The molecule has 1 aliphatic heterocycles. The zero-order valence-corrected chi connectivity index (χ0v) is 12.2. The Morgan fingerprint density at radius 2 is 1.95 bits per heavy atom. The number of hydrogen-bond acceptors (Lipinski definition) is 5. The van der Waals surface area contributed by atoms with Gasteiger partial charge in [-0.15, -0.1) is 0 Å². The summed E-state index contributed by atoms with van der Waals surface area (Å²) in [5, 5.41) is 4.07. The van der Waals surface area contributed by atoms with Crippen LogP contribution in [0.5, 0.6) is 0 Å². The highest BCUT2D eigenvalue weighted by Crippen LogP contribution is 2.21. The van der Waals surface area contributed by atoms with Crippen LogP contribution in [0.4, 0.5) is 0 Å². The van der Waals surface area contributed by atoms with Crippen molar-refractivity contribution in [1.29, 1.82) is 0 Å². The molecule has 3 rings (SSSR count). The van der Waals surface area contributed by atoms with Gasteiger partial charge in [-0.2, -0.15) is 4.98 Å². The van der Waals surface area contributed by atoms with Gasteiger partial charge < -0.3 is 10.3 Å². The summed E-state index contributed by atoms with van der Waals surface area (Å²) in [6.45, 7) is 3.73. The molecule has 0 unspecified atom stereocenters. The Hall–Kier alpha value is -1.72. The summed E-state index contributed by atoms with van der Waals surface area (Å²) in [5.74, 6) is 2.16. The van der Waals surface area contributed by atoms with Crippen LogP contribution in [-0.2, 0) is 6.54 Å². The van der Waals surface area contributed by atoms with E-state index in [2.05, 4.69) is 15.0 Å². The predicted molar refractivity (Wildman–Crippen MR) is 81.4 cm³/mol. The van der Waals surface area contributed by atoms with E-state index < -0.39 is 0 Å². The molecule has 1 aromatic heterocycles. The number of aromatic nitrogens is 2. The Morgan fingerprint density at radius 3 is 2.67 bits per heavy atom. The minimum Gasteiger partial charge on any atom is -0.338 e. The molecular formula is C16H22N4O. The van der Waals surface area contributed by atoms with Crippen LogP contribution in [0, 0.1) is 5.92 Å². The molecule has 0 radical (unpaired) electrons. The maximum atomic E-state index is 5.63. The zero-order chi connectivity index (χ0) is 14.5. The van der Waals surface area contributed by atoms with E-state index in [1.807, 2.05) is 30.3 Å². The topological polar surface area (TPSA) is 68.2 Å². The zero-order valence-electron chi connectivity index (χ0n) is 12.2. The van der Waals surface area contributed by atoms with E-state index in [0.717, 1.165) is 44.1 Å². The molecule has 2 N–H and O–H groups in total. The number of nitrogens with two attached hydrogens (primary N) is 1. The fourth-order valence-corrected chi connectivity index (χ4v) is 2.88. The molecule has 1 saturated heterocycles. The number of rotatable bonds is 5. The van der Waals surface area contributed by atoms with E-state index in [9.17, 15) is 0 Å². The first-order chi connectivity index (χ1) is 10.3. The first-order valence-electron chi connectivity index (χ1n) is 7.65. The highest BCUT2D eigenvalue weighted by molar-refractivity contribution is 5.53. The minimum absolute atomic E-state index is 0.670. The van der Waals surface area contributed by atoms with Crippen molar-refractivity contribution in [2.24, 2.45) is 11.7 Å². The molecule has 21 heavy (non-hydrogen) atoms. The smallest absolute Gasteiger partial charge is 0.241 e. The fourth-order valence-electron chi connectivity index (χ4n) is 2.88. The van der Waals surface area contributed by atoms with Gasteiger partial charge in [0, 0.05) is 5.56 Å². The van der Waals surface area contributed by atoms with Crippen molar-refractivity contribution in [2.75, 3.05) is 19.6 Å². The average Bonchev–Trinajstić information content (AvgIpc) is 2.99. The van der Waals surface area contributed by atoms with Crippen LogP contribution in [0.15, 0.2) is 34.9 Å². The molecule has 1 aliphatic rings. The monoisotopic (exact) mass is 286 g/mol. The third-order valence-electron chi connectivity index (χ3n) is 4.14.